The van der Waals surface area contributed by atoms with Gasteiger partial charge < -0.3 is 10.6 Å². The molecule has 1 aromatic heterocycles. The van der Waals surface area contributed by atoms with E-state index in [2.05, 4.69) is 15.6 Å². The number of nitrogens with one attached hydrogen (secondary N) is 2. The van der Waals surface area contributed by atoms with Gasteiger partial charge in [-0.25, -0.2) is 4.98 Å². The summed E-state index contributed by atoms with van der Waals surface area (Å²) in [6.07, 6.45) is 6.14. The monoisotopic (exact) mass is 365 g/mol. The minimum absolute atomic E-state index is 0. The third-order valence-corrected chi connectivity index (χ3v) is 5.69. The quantitative estimate of drug-likeness (QED) is 0.862. The number of halogens is 2. The first-order valence-corrected chi connectivity index (χ1v) is 8.50. The highest BCUT2D eigenvalue weighted by atomic mass is 35.5. The molecule has 126 valence electrons. The minimum Gasteiger partial charge on any atom is -0.346 e. The van der Waals surface area contributed by atoms with E-state index in [0.29, 0.717) is 12.0 Å². The van der Waals surface area contributed by atoms with Gasteiger partial charge in [-0.05, 0) is 39.0 Å². The Morgan fingerprint density at radius 3 is 2.77 bits per heavy atom. The number of nitrogens with zero attached hydrogens (tertiary/aromatic N) is 1. The number of rotatable bonds is 3. The van der Waals surface area contributed by atoms with Crippen LogP contribution in [0.1, 0.15) is 55.8 Å². The summed E-state index contributed by atoms with van der Waals surface area (Å²) < 4.78 is 0. The smallest absolute Gasteiger partial charge is 0.237 e. The lowest BCUT2D eigenvalue weighted by Crippen LogP contribution is -2.43. The molecule has 1 aliphatic carbocycles. The van der Waals surface area contributed by atoms with E-state index in [1.807, 2.05) is 19.2 Å². The molecule has 0 aromatic carbocycles. The number of aryl methyl sites for hydroxylation is 1. The van der Waals surface area contributed by atoms with Crippen LogP contribution in [0.5, 0.6) is 0 Å². The zero-order chi connectivity index (χ0) is 14.1. The van der Waals surface area contributed by atoms with Crippen LogP contribution in [-0.2, 0) is 4.79 Å². The molecule has 0 bridgehead atoms. The van der Waals surface area contributed by atoms with Crippen molar-refractivity contribution in [1.29, 1.82) is 0 Å². The normalized spacial score (nSPS) is 28.0. The van der Waals surface area contributed by atoms with Gasteiger partial charge in [0.25, 0.3) is 0 Å². The number of amides is 1. The molecule has 1 saturated carbocycles. The van der Waals surface area contributed by atoms with E-state index in [0.717, 1.165) is 17.1 Å². The molecule has 2 N–H and O–H groups in total. The van der Waals surface area contributed by atoms with Gasteiger partial charge in [-0.15, -0.1) is 36.2 Å². The maximum Gasteiger partial charge on any atom is 0.237 e. The highest BCUT2D eigenvalue weighted by Crippen LogP contribution is 2.33. The molecule has 1 saturated heterocycles. The van der Waals surface area contributed by atoms with Gasteiger partial charge >= 0.3 is 0 Å². The van der Waals surface area contributed by atoms with Crippen molar-refractivity contribution in [3.8, 4) is 0 Å². The SMILES string of the molecule is Cc1csc(C(C)NC(=O)C2CC3CCCCC3N2)n1.Cl.Cl. The van der Waals surface area contributed by atoms with E-state index in [-0.39, 0.29) is 42.8 Å². The maximum absolute atomic E-state index is 12.4. The van der Waals surface area contributed by atoms with Crippen LogP contribution in [0.4, 0.5) is 0 Å². The zero-order valence-corrected chi connectivity index (χ0v) is 15.5. The summed E-state index contributed by atoms with van der Waals surface area (Å²) in [7, 11) is 0. The Balaban J connectivity index is 0.00000121. The van der Waals surface area contributed by atoms with E-state index in [1.54, 1.807) is 11.3 Å². The fourth-order valence-electron chi connectivity index (χ4n) is 3.47. The minimum atomic E-state index is -0.00777. The van der Waals surface area contributed by atoms with Crippen LogP contribution in [-0.4, -0.2) is 23.0 Å². The van der Waals surface area contributed by atoms with Gasteiger partial charge in [-0.1, -0.05) is 12.8 Å². The Hall–Kier alpha value is -0.360. The summed E-state index contributed by atoms with van der Waals surface area (Å²) in [5.41, 5.74) is 1.02. The van der Waals surface area contributed by atoms with E-state index < -0.39 is 0 Å². The summed E-state index contributed by atoms with van der Waals surface area (Å²) in [6.45, 7) is 4.00. The molecule has 4 atom stereocenters. The van der Waals surface area contributed by atoms with Gasteiger partial charge in [-0.3, -0.25) is 4.79 Å². The van der Waals surface area contributed by atoms with Crippen molar-refractivity contribution in [3.63, 3.8) is 0 Å². The van der Waals surface area contributed by atoms with Crippen molar-refractivity contribution in [2.75, 3.05) is 0 Å². The van der Waals surface area contributed by atoms with E-state index in [9.17, 15) is 4.79 Å². The topological polar surface area (TPSA) is 54.0 Å². The Bertz CT molecular complexity index is 483. The molecule has 22 heavy (non-hydrogen) atoms. The number of fused-ring (bicyclic) bond motifs is 1. The standard InChI is InChI=1S/C15H23N3OS.2ClH/c1-9-8-20-15(16-9)10(2)17-14(19)13-7-11-5-3-4-6-12(11)18-13;;/h8,10-13,18H,3-7H2,1-2H3,(H,17,19);2*1H. The summed E-state index contributed by atoms with van der Waals surface area (Å²) in [4.78, 5) is 16.8. The molecule has 4 nitrogen and oxygen atoms in total. The van der Waals surface area contributed by atoms with Crippen LogP contribution < -0.4 is 10.6 Å². The summed E-state index contributed by atoms with van der Waals surface area (Å²) >= 11 is 1.62. The average molecular weight is 366 g/mol. The van der Waals surface area contributed by atoms with Crippen molar-refractivity contribution in [2.24, 2.45) is 5.92 Å². The number of carbonyl (C=O) groups excluding carboxylic acids is 1. The van der Waals surface area contributed by atoms with Gasteiger partial charge in [0, 0.05) is 17.1 Å². The fourth-order valence-corrected chi connectivity index (χ4v) is 4.27. The summed E-state index contributed by atoms with van der Waals surface area (Å²) in [6, 6.07) is 0.564. The Labute approximate surface area is 148 Å². The van der Waals surface area contributed by atoms with Crippen molar-refractivity contribution >= 4 is 42.1 Å². The molecular formula is C15H25Cl2N3OS. The first-order valence-electron chi connectivity index (χ1n) is 7.62. The average Bonchev–Trinajstić information content (AvgIpc) is 3.04. The molecule has 1 aliphatic heterocycles. The van der Waals surface area contributed by atoms with Gasteiger partial charge in [0.15, 0.2) is 0 Å². The molecule has 2 heterocycles. The molecule has 1 aromatic rings. The van der Waals surface area contributed by atoms with Crippen LogP contribution >= 0.6 is 36.2 Å². The van der Waals surface area contributed by atoms with Crippen molar-refractivity contribution in [3.05, 3.63) is 16.1 Å². The van der Waals surface area contributed by atoms with E-state index in [1.165, 1.54) is 25.7 Å². The lowest BCUT2D eigenvalue weighted by molar-refractivity contribution is -0.123. The molecule has 4 unspecified atom stereocenters. The van der Waals surface area contributed by atoms with Gasteiger partial charge in [0.2, 0.25) is 5.91 Å². The first kappa shape index (κ1) is 19.7. The zero-order valence-electron chi connectivity index (χ0n) is 13.0. The number of thiazole rings is 1. The second kappa shape index (κ2) is 8.48. The number of hydrogen-bond donors (Lipinski definition) is 2. The van der Waals surface area contributed by atoms with Gasteiger partial charge in [-0.2, -0.15) is 0 Å². The van der Waals surface area contributed by atoms with Crippen LogP contribution in [0.15, 0.2) is 5.38 Å². The van der Waals surface area contributed by atoms with Crippen LogP contribution in [0, 0.1) is 12.8 Å². The summed E-state index contributed by atoms with van der Waals surface area (Å²) in [5.74, 6) is 0.844. The molecule has 1 amide bonds. The summed E-state index contributed by atoms with van der Waals surface area (Å²) in [5, 5.41) is 9.65. The van der Waals surface area contributed by atoms with Crippen LogP contribution in [0.2, 0.25) is 0 Å². The number of hydrogen-bond acceptors (Lipinski definition) is 4. The maximum atomic E-state index is 12.4. The van der Waals surface area contributed by atoms with Gasteiger partial charge in [0.05, 0.1) is 12.1 Å². The Morgan fingerprint density at radius 2 is 2.14 bits per heavy atom. The predicted octanol–water partition coefficient (Wildman–Crippen LogP) is 3.39. The molecule has 7 heteroatoms. The highest BCUT2D eigenvalue weighted by Gasteiger charge is 2.38. The predicted molar refractivity (Wildman–Crippen MR) is 95.2 cm³/mol. The molecule has 0 radical (unpaired) electrons. The fraction of sp³-hybridized carbons (Fsp3) is 0.733. The Kier molecular flexibility index (Phi) is 7.59. The second-order valence-corrected chi connectivity index (χ2v) is 7.05. The largest absolute Gasteiger partial charge is 0.346 e. The van der Waals surface area contributed by atoms with Crippen molar-refractivity contribution < 1.29 is 4.79 Å². The van der Waals surface area contributed by atoms with Crippen LogP contribution in [0.3, 0.4) is 0 Å². The molecule has 2 fully saturated rings. The van der Waals surface area contributed by atoms with E-state index in [4.69, 9.17) is 0 Å². The molecule has 3 rings (SSSR count). The van der Waals surface area contributed by atoms with Gasteiger partial charge in [0.1, 0.15) is 5.01 Å². The second-order valence-electron chi connectivity index (χ2n) is 6.16. The molecule has 0 spiro atoms. The number of aromatic nitrogens is 1. The first-order chi connectivity index (χ1) is 9.63. The van der Waals surface area contributed by atoms with Crippen molar-refractivity contribution in [2.45, 2.75) is 64.1 Å². The third-order valence-electron chi connectivity index (χ3n) is 4.55. The lowest BCUT2D eigenvalue weighted by atomic mass is 9.85. The lowest BCUT2D eigenvalue weighted by Gasteiger charge is -2.24. The Morgan fingerprint density at radius 1 is 1.41 bits per heavy atom. The van der Waals surface area contributed by atoms with Crippen molar-refractivity contribution in [1.82, 2.24) is 15.6 Å². The third kappa shape index (κ3) is 4.34. The molecular weight excluding hydrogens is 341 g/mol. The van der Waals surface area contributed by atoms with E-state index >= 15 is 0 Å². The number of carbonyl (C=O) groups is 1. The molecule has 2 aliphatic rings. The highest BCUT2D eigenvalue weighted by molar-refractivity contribution is 7.09. The van der Waals surface area contributed by atoms with Crippen LogP contribution in [0.25, 0.3) is 0 Å².